The Morgan fingerprint density at radius 3 is 2.92 bits per heavy atom. The second-order valence-electron chi connectivity index (χ2n) is 2.63. The predicted molar refractivity (Wildman–Crippen MR) is 58.2 cm³/mol. The number of rotatable bonds is 0. The van der Waals surface area contributed by atoms with Crippen LogP contribution in [0.15, 0.2) is 23.1 Å². The number of nitrogens with zero attached hydrogens (tertiary/aromatic N) is 1. The van der Waals surface area contributed by atoms with Crippen molar-refractivity contribution in [1.82, 2.24) is 0 Å². The van der Waals surface area contributed by atoms with Crippen molar-refractivity contribution >= 4 is 39.1 Å². The smallest absolute Gasteiger partial charge is 0.101 e. The first-order valence-electron chi connectivity index (χ1n) is 3.63. The van der Waals surface area contributed by atoms with Crippen molar-refractivity contribution in [3.63, 3.8) is 0 Å². The van der Waals surface area contributed by atoms with E-state index >= 15 is 0 Å². The largest absolute Gasteiger partial charge is 0.391 e. The van der Waals surface area contributed by atoms with Crippen molar-refractivity contribution in [2.75, 3.05) is 5.73 Å². The average Bonchev–Trinajstić information content (AvgIpc) is 2.45. The Kier molecular flexibility index (Phi) is 1.91. The Hall–Kier alpha value is -1.18. The van der Waals surface area contributed by atoms with Crippen LogP contribution in [0.4, 0.5) is 5.00 Å². The highest BCUT2D eigenvalue weighted by atomic mass is 32.1. The maximum atomic E-state index is 8.89. The number of benzene rings is 1. The third-order valence-corrected chi connectivity index (χ3v) is 3.11. The molecule has 2 N–H and O–H groups in total. The minimum absolute atomic E-state index is 0.605. The van der Waals surface area contributed by atoms with Crippen molar-refractivity contribution in [2.24, 2.45) is 0 Å². The summed E-state index contributed by atoms with van der Waals surface area (Å²) < 4.78 is 1.03. The van der Waals surface area contributed by atoms with Gasteiger partial charge >= 0.3 is 0 Å². The van der Waals surface area contributed by atoms with E-state index in [1.54, 1.807) is 0 Å². The number of thiophene rings is 1. The van der Waals surface area contributed by atoms with Crippen molar-refractivity contribution in [3.05, 3.63) is 23.8 Å². The lowest BCUT2D eigenvalue weighted by molar-refractivity contribution is 1.42. The van der Waals surface area contributed by atoms with E-state index in [4.69, 9.17) is 11.0 Å². The van der Waals surface area contributed by atoms with Crippen LogP contribution in [-0.2, 0) is 0 Å². The van der Waals surface area contributed by atoms with Gasteiger partial charge in [0.15, 0.2) is 0 Å². The summed E-state index contributed by atoms with van der Waals surface area (Å²) in [6, 6.07) is 7.69. The van der Waals surface area contributed by atoms with Crippen LogP contribution in [0.5, 0.6) is 0 Å². The number of fused-ring (bicyclic) bond motifs is 1. The predicted octanol–water partition coefficient (Wildman–Crippen LogP) is 2.64. The van der Waals surface area contributed by atoms with Crippen LogP contribution in [-0.4, -0.2) is 0 Å². The fraction of sp³-hybridized carbons (Fsp3) is 0. The van der Waals surface area contributed by atoms with Crippen molar-refractivity contribution < 1.29 is 0 Å². The van der Waals surface area contributed by atoms with E-state index in [2.05, 4.69) is 18.7 Å². The van der Waals surface area contributed by atoms with Crippen molar-refractivity contribution in [1.29, 1.82) is 5.26 Å². The maximum absolute atomic E-state index is 8.89. The number of thiol groups is 1. The standard InChI is InChI=1S/C9H6N2S2/c10-4-6-5-3-9(11)13-8(5)2-1-7(6)12/h1-3,12H,11H2. The summed E-state index contributed by atoms with van der Waals surface area (Å²) >= 11 is 5.69. The van der Waals surface area contributed by atoms with Crippen LogP contribution >= 0.6 is 24.0 Å². The van der Waals surface area contributed by atoms with Crippen molar-refractivity contribution in [3.8, 4) is 6.07 Å². The molecular formula is C9H6N2S2. The van der Waals surface area contributed by atoms with E-state index in [0.29, 0.717) is 10.5 Å². The summed E-state index contributed by atoms with van der Waals surface area (Å²) in [6.45, 7) is 0. The molecule has 0 aliphatic heterocycles. The molecule has 0 aliphatic rings. The number of hydrogen-bond acceptors (Lipinski definition) is 4. The topological polar surface area (TPSA) is 49.8 Å². The van der Waals surface area contributed by atoms with Gasteiger partial charge in [-0.05, 0) is 18.2 Å². The van der Waals surface area contributed by atoms with Crippen LogP contribution in [0.3, 0.4) is 0 Å². The molecular weight excluding hydrogens is 200 g/mol. The van der Waals surface area contributed by atoms with Gasteiger partial charge in [-0.3, -0.25) is 0 Å². The number of anilines is 1. The second-order valence-corrected chi connectivity index (χ2v) is 4.23. The zero-order chi connectivity index (χ0) is 9.42. The lowest BCUT2D eigenvalue weighted by Gasteiger charge is -1.95. The maximum Gasteiger partial charge on any atom is 0.101 e. The van der Waals surface area contributed by atoms with E-state index in [1.807, 2.05) is 18.2 Å². The fourth-order valence-corrected chi connectivity index (χ4v) is 2.32. The van der Waals surface area contributed by atoms with E-state index in [1.165, 1.54) is 11.3 Å². The van der Waals surface area contributed by atoms with Gasteiger partial charge in [0.1, 0.15) is 6.07 Å². The minimum Gasteiger partial charge on any atom is -0.391 e. The number of nitrogens with two attached hydrogens (primary N) is 1. The first kappa shape index (κ1) is 8.42. The van der Waals surface area contributed by atoms with E-state index in [-0.39, 0.29) is 0 Å². The minimum atomic E-state index is 0.605. The summed E-state index contributed by atoms with van der Waals surface area (Å²) in [4.78, 5) is 0.702. The van der Waals surface area contributed by atoms with E-state index < -0.39 is 0 Å². The molecule has 0 bridgehead atoms. The molecule has 0 fully saturated rings. The Morgan fingerprint density at radius 1 is 1.46 bits per heavy atom. The Labute approximate surface area is 85.0 Å². The highest BCUT2D eigenvalue weighted by Crippen LogP contribution is 2.32. The zero-order valence-corrected chi connectivity index (χ0v) is 8.32. The van der Waals surface area contributed by atoms with Crippen LogP contribution < -0.4 is 5.73 Å². The molecule has 0 amide bonds. The van der Waals surface area contributed by atoms with Crippen LogP contribution in [0.1, 0.15) is 5.56 Å². The monoisotopic (exact) mass is 206 g/mol. The van der Waals surface area contributed by atoms with Gasteiger partial charge in [0.05, 0.1) is 10.6 Å². The van der Waals surface area contributed by atoms with Crippen LogP contribution in [0.2, 0.25) is 0 Å². The van der Waals surface area contributed by atoms with Gasteiger partial charge in [-0.1, -0.05) is 0 Å². The summed E-state index contributed by atoms with van der Waals surface area (Å²) in [7, 11) is 0. The SMILES string of the molecule is N#Cc1c(S)ccc2sc(N)cc12. The number of nitriles is 1. The molecule has 0 saturated heterocycles. The average molecular weight is 206 g/mol. The molecule has 0 unspecified atom stereocenters. The lowest BCUT2D eigenvalue weighted by atomic mass is 10.1. The normalized spacial score (nSPS) is 10.2. The van der Waals surface area contributed by atoms with Gasteiger partial charge in [0.2, 0.25) is 0 Å². The molecule has 1 aromatic heterocycles. The quantitative estimate of drug-likeness (QED) is 0.651. The second kappa shape index (κ2) is 2.95. The van der Waals surface area contributed by atoms with Gasteiger partial charge in [-0.25, -0.2) is 0 Å². The summed E-state index contributed by atoms with van der Waals surface area (Å²) in [5, 5.41) is 10.5. The van der Waals surface area contributed by atoms with E-state index in [9.17, 15) is 0 Å². The van der Waals surface area contributed by atoms with E-state index in [0.717, 1.165) is 15.1 Å². The summed E-state index contributed by atoms with van der Waals surface area (Å²) in [5.74, 6) is 0. The first-order chi connectivity index (χ1) is 6.22. The number of nitrogen functional groups attached to an aromatic ring is 1. The molecule has 0 aliphatic carbocycles. The van der Waals surface area contributed by atoms with Crippen LogP contribution in [0, 0.1) is 11.3 Å². The highest BCUT2D eigenvalue weighted by molar-refractivity contribution is 7.80. The summed E-state index contributed by atoms with van der Waals surface area (Å²) in [6.07, 6.45) is 0. The van der Waals surface area contributed by atoms with Gasteiger partial charge in [-0.15, -0.1) is 24.0 Å². The molecule has 1 heterocycles. The molecule has 2 rings (SSSR count). The third-order valence-electron chi connectivity index (χ3n) is 1.81. The molecule has 0 spiro atoms. The molecule has 4 heteroatoms. The summed E-state index contributed by atoms with van der Waals surface area (Å²) in [5.41, 5.74) is 6.25. The molecule has 2 nitrogen and oxygen atoms in total. The molecule has 0 radical (unpaired) electrons. The Balaban J connectivity index is 2.93. The Morgan fingerprint density at radius 2 is 2.23 bits per heavy atom. The first-order valence-corrected chi connectivity index (χ1v) is 4.90. The molecule has 13 heavy (non-hydrogen) atoms. The third kappa shape index (κ3) is 1.26. The van der Waals surface area contributed by atoms with Gasteiger partial charge in [0, 0.05) is 15.0 Å². The zero-order valence-electron chi connectivity index (χ0n) is 6.61. The molecule has 0 saturated carbocycles. The Bertz CT molecular complexity index is 508. The molecule has 64 valence electrons. The molecule has 2 aromatic rings. The van der Waals surface area contributed by atoms with Gasteiger partial charge in [0.25, 0.3) is 0 Å². The van der Waals surface area contributed by atoms with Gasteiger partial charge < -0.3 is 5.73 Å². The lowest BCUT2D eigenvalue weighted by Crippen LogP contribution is -1.78. The van der Waals surface area contributed by atoms with Crippen molar-refractivity contribution in [2.45, 2.75) is 4.90 Å². The number of hydrogen-bond donors (Lipinski definition) is 2. The fourth-order valence-electron chi connectivity index (χ4n) is 1.24. The molecule has 0 atom stereocenters. The van der Waals surface area contributed by atoms with Gasteiger partial charge in [-0.2, -0.15) is 5.26 Å². The highest BCUT2D eigenvalue weighted by Gasteiger charge is 2.06. The van der Waals surface area contributed by atoms with Crippen LogP contribution in [0.25, 0.3) is 10.1 Å². The molecule has 1 aromatic carbocycles.